The number of halogens is 1. The number of rotatable bonds is 5. The minimum absolute atomic E-state index is 0.205. The van der Waals surface area contributed by atoms with Gasteiger partial charge in [-0.25, -0.2) is 4.39 Å². The van der Waals surface area contributed by atoms with E-state index in [2.05, 4.69) is 16.6 Å². The summed E-state index contributed by atoms with van der Waals surface area (Å²) in [5.41, 5.74) is 0.250. The van der Waals surface area contributed by atoms with E-state index in [9.17, 15) is 19.3 Å². The molecule has 8 heteroatoms. The van der Waals surface area contributed by atoms with Crippen molar-refractivity contribution in [3.8, 4) is 0 Å². The Kier molecular flexibility index (Phi) is 7.96. The van der Waals surface area contributed by atoms with E-state index >= 15 is 0 Å². The number of likely N-dealkylation sites (N-methyl/N-ethyl adjacent to an activating group) is 1. The molecule has 0 amide bonds. The number of carbonyl (C=O) groups is 1. The largest absolute Gasteiger partial charge is 0.468 e. The molecule has 2 rings (SSSR count). The van der Waals surface area contributed by atoms with Crippen LogP contribution in [-0.2, 0) is 9.53 Å². The van der Waals surface area contributed by atoms with Gasteiger partial charge in [0.05, 0.1) is 23.3 Å². The highest BCUT2D eigenvalue weighted by molar-refractivity contribution is 5.52. The van der Waals surface area contributed by atoms with Crippen molar-refractivity contribution in [3.05, 3.63) is 34.1 Å². The van der Waals surface area contributed by atoms with Gasteiger partial charge in [0.25, 0.3) is 12.2 Å². The molecule has 128 valence electrons. The second-order valence-corrected chi connectivity index (χ2v) is 4.87. The van der Waals surface area contributed by atoms with Crippen molar-refractivity contribution in [2.24, 2.45) is 0 Å². The Hall–Kier alpha value is -2.22. The number of carbonyl (C=O) groups excluding carboxylic acids is 1. The number of benzene rings is 1. The Bertz CT molecular complexity index is 519. The first-order chi connectivity index (χ1) is 11.0. The molecule has 1 saturated heterocycles. The topological polar surface area (TPSA) is 75.9 Å². The average Bonchev–Trinajstić information content (AvgIpc) is 2.56. The Morgan fingerprint density at radius 3 is 2.35 bits per heavy atom. The zero-order chi connectivity index (χ0) is 17.2. The van der Waals surface area contributed by atoms with Crippen LogP contribution in [0.3, 0.4) is 0 Å². The van der Waals surface area contributed by atoms with Gasteiger partial charge in [0.1, 0.15) is 0 Å². The van der Waals surface area contributed by atoms with Gasteiger partial charge in [0.2, 0.25) is 0 Å². The van der Waals surface area contributed by atoms with Gasteiger partial charge in [-0.3, -0.25) is 14.9 Å². The SMILES string of the molecule is CCN1CCN(c2ccc([N+](=O)[O-])cc2F)CC1.CCOC=O. The highest BCUT2D eigenvalue weighted by Crippen LogP contribution is 2.24. The van der Waals surface area contributed by atoms with Crippen molar-refractivity contribution in [1.29, 1.82) is 0 Å². The smallest absolute Gasteiger partial charge is 0.293 e. The summed E-state index contributed by atoms with van der Waals surface area (Å²) in [5, 5.41) is 10.5. The lowest BCUT2D eigenvalue weighted by Crippen LogP contribution is -2.46. The van der Waals surface area contributed by atoms with Crippen molar-refractivity contribution in [1.82, 2.24) is 4.90 Å². The predicted molar refractivity (Wildman–Crippen MR) is 85.1 cm³/mol. The van der Waals surface area contributed by atoms with Gasteiger partial charge in [0, 0.05) is 32.2 Å². The van der Waals surface area contributed by atoms with Gasteiger partial charge in [-0.05, 0) is 19.5 Å². The number of non-ortho nitro benzene ring substituents is 1. The molecule has 0 N–H and O–H groups in total. The Balaban J connectivity index is 0.000000463. The van der Waals surface area contributed by atoms with Crippen molar-refractivity contribution < 1.29 is 18.8 Å². The van der Waals surface area contributed by atoms with Crippen LogP contribution in [0, 0.1) is 15.9 Å². The molecule has 0 radical (unpaired) electrons. The minimum Gasteiger partial charge on any atom is -0.468 e. The molecular weight excluding hydrogens is 305 g/mol. The predicted octanol–water partition coefficient (Wildman–Crippen LogP) is 2.06. The molecule has 1 aromatic rings. The van der Waals surface area contributed by atoms with E-state index < -0.39 is 10.7 Å². The number of ether oxygens (including phenoxy) is 1. The summed E-state index contributed by atoms with van der Waals surface area (Å²) in [5.74, 6) is -0.519. The second-order valence-electron chi connectivity index (χ2n) is 4.87. The van der Waals surface area contributed by atoms with Crippen LogP contribution in [0.25, 0.3) is 0 Å². The average molecular weight is 327 g/mol. The van der Waals surface area contributed by atoms with Crippen molar-refractivity contribution in [2.75, 3.05) is 44.2 Å². The molecule has 1 aliphatic rings. The van der Waals surface area contributed by atoms with Crippen molar-refractivity contribution in [2.45, 2.75) is 13.8 Å². The number of nitrogens with zero attached hydrogens (tertiary/aromatic N) is 3. The van der Waals surface area contributed by atoms with Gasteiger partial charge in [-0.15, -0.1) is 0 Å². The van der Waals surface area contributed by atoms with Crippen LogP contribution in [0.4, 0.5) is 15.8 Å². The Morgan fingerprint density at radius 2 is 1.96 bits per heavy atom. The number of piperazine rings is 1. The second kappa shape index (κ2) is 9.73. The molecule has 1 aromatic carbocycles. The first-order valence-electron chi connectivity index (χ1n) is 7.49. The quantitative estimate of drug-likeness (QED) is 0.468. The third kappa shape index (κ3) is 5.82. The molecule has 0 spiro atoms. The monoisotopic (exact) mass is 327 g/mol. The van der Waals surface area contributed by atoms with E-state index in [1.807, 2.05) is 4.90 Å². The Morgan fingerprint density at radius 1 is 1.30 bits per heavy atom. The van der Waals surface area contributed by atoms with Crippen LogP contribution in [0.1, 0.15) is 13.8 Å². The van der Waals surface area contributed by atoms with Crippen LogP contribution in [0.2, 0.25) is 0 Å². The lowest BCUT2D eigenvalue weighted by atomic mass is 10.2. The maximum absolute atomic E-state index is 13.8. The fourth-order valence-corrected chi connectivity index (χ4v) is 2.24. The summed E-state index contributed by atoms with van der Waals surface area (Å²) in [6.07, 6.45) is 0. The molecule has 7 nitrogen and oxygen atoms in total. The molecule has 1 heterocycles. The first-order valence-corrected chi connectivity index (χ1v) is 7.49. The van der Waals surface area contributed by atoms with Crippen LogP contribution < -0.4 is 4.90 Å². The number of nitro benzene ring substituents is 1. The first kappa shape index (κ1) is 18.8. The van der Waals surface area contributed by atoms with Gasteiger partial charge in [0.15, 0.2) is 5.82 Å². The van der Waals surface area contributed by atoms with Crippen LogP contribution in [0.5, 0.6) is 0 Å². The highest BCUT2D eigenvalue weighted by atomic mass is 19.1. The number of anilines is 1. The fraction of sp³-hybridized carbons (Fsp3) is 0.533. The van der Waals surface area contributed by atoms with Crippen LogP contribution >= 0.6 is 0 Å². The van der Waals surface area contributed by atoms with Crippen LogP contribution in [-0.4, -0.2) is 55.6 Å². The van der Waals surface area contributed by atoms with Crippen molar-refractivity contribution in [3.63, 3.8) is 0 Å². The maximum Gasteiger partial charge on any atom is 0.293 e. The van der Waals surface area contributed by atoms with E-state index in [1.54, 1.807) is 6.92 Å². The molecule has 0 atom stereocenters. The molecule has 0 aliphatic carbocycles. The summed E-state index contributed by atoms with van der Waals surface area (Å²) in [7, 11) is 0. The Labute approximate surface area is 134 Å². The maximum atomic E-state index is 13.8. The number of hydrogen-bond donors (Lipinski definition) is 0. The van der Waals surface area contributed by atoms with Gasteiger partial charge < -0.3 is 14.5 Å². The molecule has 1 fully saturated rings. The van der Waals surface area contributed by atoms with Crippen LogP contribution in [0.15, 0.2) is 18.2 Å². The summed E-state index contributed by atoms with van der Waals surface area (Å²) in [6.45, 7) is 9.06. The van der Waals surface area contributed by atoms with E-state index in [-0.39, 0.29) is 5.69 Å². The lowest BCUT2D eigenvalue weighted by molar-refractivity contribution is -0.385. The van der Waals surface area contributed by atoms with Crippen molar-refractivity contribution >= 4 is 17.8 Å². The number of hydrogen-bond acceptors (Lipinski definition) is 6. The van der Waals surface area contributed by atoms with E-state index in [1.165, 1.54) is 12.1 Å². The zero-order valence-corrected chi connectivity index (χ0v) is 13.4. The summed E-state index contributed by atoms with van der Waals surface area (Å²) >= 11 is 0. The van der Waals surface area contributed by atoms with E-state index in [4.69, 9.17) is 0 Å². The number of nitro groups is 1. The lowest BCUT2D eigenvalue weighted by Gasteiger charge is -2.35. The van der Waals surface area contributed by atoms with E-state index in [0.29, 0.717) is 18.8 Å². The normalized spacial score (nSPS) is 14.7. The summed E-state index contributed by atoms with van der Waals surface area (Å²) in [6, 6.07) is 3.83. The standard InChI is InChI=1S/C12H16FN3O2.C3H6O2/c1-2-14-5-7-15(8-6-14)12-4-3-10(16(17)18)9-11(12)13;1-2-5-3-4/h3-4,9H,2,5-8H2,1H3;3H,2H2,1H3. The summed E-state index contributed by atoms with van der Waals surface area (Å²) < 4.78 is 18.0. The third-order valence-electron chi connectivity index (χ3n) is 3.54. The molecule has 23 heavy (non-hydrogen) atoms. The molecule has 0 bridgehead atoms. The zero-order valence-electron chi connectivity index (χ0n) is 13.4. The van der Waals surface area contributed by atoms with E-state index in [0.717, 1.165) is 38.8 Å². The fourth-order valence-electron chi connectivity index (χ4n) is 2.24. The third-order valence-corrected chi connectivity index (χ3v) is 3.54. The molecule has 1 aliphatic heterocycles. The van der Waals surface area contributed by atoms with Gasteiger partial charge in [-0.2, -0.15) is 0 Å². The molecule has 0 saturated carbocycles. The molecular formula is C15H22FN3O4. The van der Waals surface area contributed by atoms with Gasteiger partial charge >= 0.3 is 0 Å². The molecule has 0 unspecified atom stereocenters. The van der Waals surface area contributed by atoms with Gasteiger partial charge in [-0.1, -0.05) is 6.92 Å². The molecule has 0 aromatic heterocycles. The minimum atomic E-state index is -0.581. The summed E-state index contributed by atoms with van der Waals surface area (Å²) in [4.78, 5) is 23.4. The highest BCUT2D eigenvalue weighted by Gasteiger charge is 2.20.